The SMILES string of the molecule is C[C@H](O)c1nnc(C(=O)N2CCc3[nH]cnc3C2c2oc3ccccc3c2F)o1. The minimum absolute atomic E-state index is 0.0112. The van der Waals surface area contributed by atoms with E-state index < -0.39 is 23.9 Å². The number of aromatic nitrogens is 4. The summed E-state index contributed by atoms with van der Waals surface area (Å²) in [7, 11) is 0. The Morgan fingerprint density at radius 3 is 2.93 bits per heavy atom. The fourth-order valence-electron chi connectivity index (χ4n) is 3.58. The van der Waals surface area contributed by atoms with Gasteiger partial charge >= 0.3 is 11.8 Å². The number of amides is 1. The monoisotopic (exact) mass is 397 g/mol. The van der Waals surface area contributed by atoms with E-state index in [0.717, 1.165) is 5.69 Å². The Labute approximate surface area is 163 Å². The second-order valence-corrected chi connectivity index (χ2v) is 6.82. The number of aromatic amines is 1. The minimum atomic E-state index is -1.01. The summed E-state index contributed by atoms with van der Waals surface area (Å²) in [6.07, 6.45) is 0.994. The lowest BCUT2D eigenvalue weighted by molar-refractivity contribution is 0.0619. The van der Waals surface area contributed by atoms with Gasteiger partial charge in [0.2, 0.25) is 5.89 Å². The zero-order chi connectivity index (χ0) is 20.1. The van der Waals surface area contributed by atoms with Crippen LogP contribution in [-0.4, -0.2) is 42.6 Å². The molecule has 0 bridgehead atoms. The molecule has 29 heavy (non-hydrogen) atoms. The highest BCUT2D eigenvalue weighted by Gasteiger charge is 2.40. The lowest BCUT2D eigenvalue weighted by Crippen LogP contribution is -2.41. The van der Waals surface area contributed by atoms with Crippen molar-refractivity contribution in [3.8, 4) is 0 Å². The van der Waals surface area contributed by atoms with Crippen molar-refractivity contribution in [2.45, 2.75) is 25.5 Å². The Morgan fingerprint density at radius 2 is 2.17 bits per heavy atom. The summed E-state index contributed by atoms with van der Waals surface area (Å²) in [4.78, 5) is 21.8. The molecule has 10 heteroatoms. The molecule has 148 valence electrons. The Hall–Kier alpha value is -3.53. The van der Waals surface area contributed by atoms with E-state index in [2.05, 4.69) is 20.2 Å². The minimum Gasteiger partial charge on any atom is -0.455 e. The third kappa shape index (κ3) is 2.71. The van der Waals surface area contributed by atoms with E-state index >= 15 is 4.39 Å². The van der Waals surface area contributed by atoms with Crippen molar-refractivity contribution in [1.29, 1.82) is 0 Å². The van der Waals surface area contributed by atoms with Crippen LogP contribution in [0, 0.1) is 5.82 Å². The predicted molar refractivity (Wildman–Crippen MR) is 96.3 cm³/mol. The number of benzene rings is 1. The van der Waals surface area contributed by atoms with Crippen LogP contribution in [0.2, 0.25) is 0 Å². The van der Waals surface area contributed by atoms with Crippen molar-refractivity contribution in [1.82, 2.24) is 25.1 Å². The van der Waals surface area contributed by atoms with Gasteiger partial charge in [0.1, 0.15) is 17.7 Å². The molecular formula is C19H16FN5O4. The number of rotatable bonds is 3. The molecule has 0 spiro atoms. The molecule has 4 aromatic rings. The van der Waals surface area contributed by atoms with Crippen molar-refractivity contribution in [3.63, 3.8) is 0 Å². The van der Waals surface area contributed by atoms with Gasteiger partial charge in [-0.2, -0.15) is 0 Å². The number of carbonyl (C=O) groups excluding carboxylic acids is 1. The Bertz CT molecular complexity index is 1210. The van der Waals surface area contributed by atoms with E-state index in [1.807, 2.05) is 0 Å². The largest absolute Gasteiger partial charge is 0.455 e. The smallest absolute Gasteiger partial charge is 0.312 e. The van der Waals surface area contributed by atoms with Crippen LogP contribution in [0.15, 0.2) is 39.4 Å². The highest BCUT2D eigenvalue weighted by atomic mass is 19.1. The molecule has 2 N–H and O–H groups in total. The fourth-order valence-corrected chi connectivity index (χ4v) is 3.58. The number of nitrogens with one attached hydrogen (secondary N) is 1. The number of fused-ring (bicyclic) bond motifs is 2. The summed E-state index contributed by atoms with van der Waals surface area (Å²) in [5, 5.41) is 17.3. The van der Waals surface area contributed by atoms with E-state index in [0.29, 0.717) is 23.1 Å². The highest BCUT2D eigenvalue weighted by molar-refractivity contribution is 5.90. The maximum absolute atomic E-state index is 15.2. The van der Waals surface area contributed by atoms with E-state index in [9.17, 15) is 9.90 Å². The van der Waals surface area contributed by atoms with Crippen LogP contribution in [-0.2, 0) is 6.42 Å². The quantitative estimate of drug-likeness (QED) is 0.545. The third-order valence-corrected chi connectivity index (χ3v) is 4.97. The Kier molecular flexibility index (Phi) is 3.95. The van der Waals surface area contributed by atoms with Gasteiger partial charge in [0.25, 0.3) is 0 Å². The maximum atomic E-state index is 15.2. The molecule has 0 aliphatic carbocycles. The number of hydrogen-bond donors (Lipinski definition) is 2. The first-order valence-electron chi connectivity index (χ1n) is 9.06. The number of carbonyl (C=O) groups is 1. The number of hydrogen-bond acceptors (Lipinski definition) is 7. The van der Waals surface area contributed by atoms with Crippen LogP contribution in [0.4, 0.5) is 4.39 Å². The first-order valence-corrected chi connectivity index (χ1v) is 9.06. The summed E-state index contributed by atoms with van der Waals surface area (Å²) in [6.45, 7) is 1.72. The lowest BCUT2D eigenvalue weighted by atomic mass is 9.99. The average molecular weight is 397 g/mol. The molecule has 1 amide bonds. The van der Waals surface area contributed by atoms with Gasteiger partial charge in [-0.3, -0.25) is 4.79 Å². The summed E-state index contributed by atoms with van der Waals surface area (Å²) in [5.74, 6) is -1.51. The number of nitrogens with zero attached hydrogens (tertiary/aromatic N) is 4. The molecule has 1 aliphatic rings. The molecule has 1 aliphatic heterocycles. The number of para-hydroxylation sites is 1. The normalized spacial score (nSPS) is 17.5. The van der Waals surface area contributed by atoms with Crippen molar-refractivity contribution in [2.24, 2.45) is 0 Å². The lowest BCUT2D eigenvalue weighted by Gasteiger charge is -2.32. The van der Waals surface area contributed by atoms with Gasteiger partial charge in [-0.25, -0.2) is 9.37 Å². The van der Waals surface area contributed by atoms with E-state index in [1.54, 1.807) is 24.3 Å². The van der Waals surface area contributed by atoms with Crippen molar-refractivity contribution >= 4 is 16.9 Å². The van der Waals surface area contributed by atoms with Crippen LogP contribution < -0.4 is 0 Å². The van der Waals surface area contributed by atoms with Gasteiger partial charge in [0.05, 0.1) is 17.4 Å². The first kappa shape index (κ1) is 17.6. The molecule has 0 fully saturated rings. The van der Waals surface area contributed by atoms with Gasteiger partial charge in [0.15, 0.2) is 11.6 Å². The first-order chi connectivity index (χ1) is 14.0. The average Bonchev–Trinajstić information content (AvgIpc) is 3.46. The second kappa shape index (κ2) is 6.52. The molecule has 9 nitrogen and oxygen atoms in total. The van der Waals surface area contributed by atoms with Crippen LogP contribution in [0.3, 0.4) is 0 Å². The zero-order valence-electron chi connectivity index (χ0n) is 15.3. The molecule has 3 aromatic heterocycles. The van der Waals surface area contributed by atoms with Crippen LogP contribution >= 0.6 is 0 Å². The number of imidazole rings is 1. The number of aliphatic hydroxyl groups is 1. The van der Waals surface area contributed by atoms with Gasteiger partial charge in [-0.15, -0.1) is 10.2 Å². The molecule has 1 aromatic carbocycles. The number of furan rings is 1. The Balaban J connectivity index is 1.62. The molecule has 0 radical (unpaired) electrons. The topological polar surface area (TPSA) is 121 Å². The van der Waals surface area contributed by atoms with Gasteiger partial charge in [-0.05, 0) is 19.1 Å². The van der Waals surface area contributed by atoms with E-state index in [-0.39, 0.29) is 24.1 Å². The van der Waals surface area contributed by atoms with Crippen LogP contribution in [0.5, 0.6) is 0 Å². The van der Waals surface area contributed by atoms with E-state index in [4.69, 9.17) is 8.83 Å². The molecule has 5 rings (SSSR count). The molecule has 4 heterocycles. The van der Waals surface area contributed by atoms with Gasteiger partial charge < -0.3 is 23.8 Å². The zero-order valence-corrected chi connectivity index (χ0v) is 15.3. The highest BCUT2D eigenvalue weighted by Crippen LogP contribution is 2.39. The summed E-state index contributed by atoms with van der Waals surface area (Å²) in [5.41, 5.74) is 1.68. The van der Waals surface area contributed by atoms with Crippen molar-refractivity contribution < 1.29 is 23.1 Å². The fraction of sp³-hybridized carbons (Fsp3) is 0.263. The molecular weight excluding hydrogens is 381 g/mol. The molecule has 0 saturated carbocycles. The molecule has 0 saturated heterocycles. The third-order valence-electron chi connectivity index (χ3n) is 4.97. The van der Waals surface area contributed by atoms with Crippen LogP contribution in [0.1, 0.15) is 52.8 Å². The maximum Gasteiger partial charge on any atom is 0.312 e. The summed E-state index contributed by atoms with van der Waals surface area (Å²) in [6, 6.07) is 5.84. The number of aliphatic hydroxyl groups excluding tert-OH is 1. The van der Waals surface area contributed by atoms with Gasteiger partial charge in [-0.1, -0.05) is 12.1 Å². The number of halogens is 1. The summed E-state index contributed by atoms with van der Waals surface area (Å²) < 4.78 is 26.3. The molecule has 1 unspecified atom stereocenters. The number of H-pyrrole nitrogens is 1. The van der Waals surface area contributed by atoms with Crippen molar-refractivity contribution in [2.75, 3.05) is 6.54 Å². The van der Waals surface area contributed by atoms with Crippen LogP contribution in [0.25, 0.3) is 11.0 Å². The Morgan fingerprint density at radius 1 is 1.34 bits per heavy atom. The van der Waals surface area contributed by atoms with Gasteiger partial charge in [0, 0.05) is 18.7 Å². The standard InChI is InChI=1S/C19H16FN5O4/c1-9(26)17-23-24-18(29-17)19(27)25-7-6-11-14(22-8-21-11)15(25)16-13(20)10-4-2-3-5-12(10)28-16/h2-5,8-9,15,26H,6-7H2,1H3,(H,21,22)/t9-,15?/m0/s1. The summed E-state index contributed by atoms with van der Waals surface area (Å²) >= 11 is 0. The molecule has 2 atom stereocenters. The van der Waals surface area contributed by atoms with Crippen molar-refractivity contribution in [3.05, 3.63) is 65.3 Å². The predicted octanol–water partition coefficient (Wildman–Crippen LogP) is 2.52. The van der Waals surface area contributed by atoms with E-state index in [1.165, 1.54) is 18.2 Å². The second-order valence-electron chi connectivity index (χ2n) is 6.82.